The number of nitrogens with zero attached hydrogens (tertiary/aromatic N) is 2. The van der Waals surface area contributed by atoms with Crippen molar-refractivity contribution in [2.45, 2.75) is 0 Å². The highest BCUT2D eigenvalue weighted by Gasteiger charge is 2.16. The molecule has 10 aromatic rings. The Morgan fingerprint density at radius 1 is 0.417 bits per heavy atom. The lowest BCUT2D eigenvalue weighted by atomic mass is 10.0. The lowest BCUT2D eigenvalue weighted by Gasteiger charge is -2.25. The van der Waals surface area contributed by atoms with Crippen molar-refractivity contribution in [1.82, 2.24) is 4.98 Å². The first kappa shape index (κ1) is 27.4. The van der Waals surface area contributed by atoms with Gasteiger partial charge in [0.1, 0.15) is 5.52 Å². The van der Waals surface area contributed by atoms with Gasteiger partial charge < -0.3 is 9.32 Å². The maximum Gasteiger partial charge on any atom is 0.227 e. The van der Waals surface area contributed by atoms with E-state index in [1.54, 1.807) is 11.3 Å². The van der Waals surface area contributed by atoms with Gasteiger partial charge in [0.2, 0.25) is 5.89 Å². The molecule has 0 saturated heterocycles. The monoisotopic (exact) mass is 650 g/mol. The minimum absolute atomic E-state index is 0.657. The van der Waals surface area contributed by atoms with Crippen LogP contribution < -0.4 is 4.90 Å². The summed E-state index contributed by atoms with van der Waals surface area (Å²) in [5, 5.41) is 5.04. The molecule has 0 radical (unpaired) electrons. The summed E-state index contributed by atoms with van der Waals surface area (Å²) in [6.07, 6.45) is 0. The fourth-order valence-electron chi connectivity index (χ4n) is 6.76. The Hall–Kier alpha value is -5.75. The number of para-hydroxylation sites is 1. The molecule has 0 atom stereocenters. The summed E-state index contributed by atoms with van der Waals surface area (Å²) in [5.74, 6) is 0.657. The van der Waals surface area contributed by atoms with Crippen LogP contribution in [0, 0.1) is 0 Å². The van der Waals surface area contributed by atoms with Crippen molar-refractivity contribution in [2.24, 2.45) is 0 Å². The second kappa shape index (κ2) is 10.9. The van der Waals surface area contributed by atoms with E-state index in [1.165, 1.54) is 51.5 Å². The van der Waals surface area contributed by atoms with E-state index in [4.69, 9.17) is 9.40 Å². The summed E-state index contributed by atoms with van der Waals surface area (Å²) in [4.78, 5) is 7.14. The van der Waals surface area contributed by atoms with E-state index < -0.39 is 0 Å². The molecule has 0 amide bonds. The summed E-state index contributed by atoms with van der Waals surface area (Å²) >= 11 is 3.66. The van der Waals surface area contributed by atoms with Gasteiger partial charge >= 0.3 is 0 Å². The average molecular weight is 651 g/mol. The Balaban J connectivity index is 1.02. The van der Waals surface area contributed by atoms with Crippen molar-refractivity contribution in [2.75, 3.05) is 4.90 Å². The highest BCUT2D eigenvalue weighted by atomic mass is 32.1. The van der Waals surface area contributed by atoms with Gasteiger partial charge in [-0.25, -0.2) is 4.98 Å². The lowest BCUT2D eigenvalue weighted by Crippen LogP contribution is -2.09. The first-order valence-corrected chi connectivity index (χ1v) is 17.6. The number of aromatic nitrogens is 1. The van der Waals surface area contributed by atoms with Gasteiger partial charge in [-0.2, -0.15) is 0 Å². The summed E-state index contributed by atoms with van der Waals surface area (Å²) < 4.78 is 11.3. The molecule has 0 aliphatic rings. The van der Waals surface area contributed by atoms with Crippen molar-refractivity contribution in [3.8, 4) is 22.6 Å². The summed E-state index contributed by atoms with van der Waals surface area (Å²) in [7, 11) is 0. The van der Waals surface area contributed by atoms with Crippen LogP contribution in [-0.4, -0.2) is 4.98 Å². The molecular weight excluding hydrogens is 625 g/mol. The molecule has 0 fully saturated rings. The fourth-order valence-corrected chi connectivity index (χ4v) is 9.01. The van der Waals surface area contributed by atoms with Crippen LogP contribution in [0.25, 0.3) is 74.0 Å². The molecule has 0 N–H and O–H groups in total. The molecule has 10 rings (SSSR count). The van der Waals surface area contributed by atoms with E-state index in [9.17, 15) is 0 Å². The second-order valence-electron chi connectivity index (χ2n) is 12.0. The van der Waals surface area contributed by atoms with E-state index in [-0.39, 0.29) is 0 Å². The number of oxazole rings is 1. The van der Waals surface area contributed by atoms with Gasteiger partial charge in [0.15, 0.2) is 5.58 Å². The van der Waals surface area contributed by atoms with E-state index >= 15 is 0 Å². The van der Waals surface area contributed by atoms with Crippen LogP contribution >= 0.6 is 22.7 Å². The minimum Gasteiger partial charge on any atom is -0.436 e. The Morgan fingerprint density at radius 3 is 1.90 bits per heavy atom. The number of thiophene rings is 2. The Morgan fingerprint density at radius 2 is 1.04 bits per heavy atom. The average Bonchev–Trinajstić information content (AvgIpc) is 3.84. The predicted molar refractivity (Wildman–Crippen MR) is 205 cm³/mol. The third kappa shape index (κ3) is 4.51. The highest BCUT2D eigenvalue weighted by molar-refractivity contribution is 7.26. The minimum atomic E-state index is 0.657. The molecule has 5 heteroatoms. The maximum absolute atomic E-state index is 6.19. The van der Waals surface area contributed by atoms with Crippen LogP contribution in [0.4, 0.5) is 17.1 Å². The quantitative estimate of drug-likeness (QED) is 0.186. The lowest BCUT2D eigenvalue weighted by molar-refractivity contribution is 0.620. The van der Waals surface area contributed by atoms with Crippen molar-refractivity contribution in [3.63, 3.8) is 0 Å². The topological polar surface area (TPSA) is 29.3 Å². The molecule has 0 saturated carbocycles. The van der Waals surface area contributed by atoms with Gasteiger partial charge in [-0.15, -0.1) is 22.7 Å². The van der Waals surface area contributed by atoms with Gasteiger partial charge in [0, 0.05) is 63.0 Å². The van der Waals surface area contributed by atoms with Crippen LogP contribution in [0.15, 0.2) is 162 Å². The number of hydrogen-bond acceptors (Lipinski definition) is 5. The van der Waals surface area contributed by atoms with Crippen LogP contribution in [0.2, 0.25) is 0 Å². The van der Waals surface area contributed by atoms with E-state index in [1.807, 2.05) is 41.7 Å². The molecule has 3 heterocycles. The third-order valence-electron chi connectivity index (χ3n) is 9.09. The third-order valence-corrected chi connectivity index (χ3v) is 11.4. The van der Waals surface area contributed by atoms with Crippen LogP contribution in [-0.2, 0) is 0 Å². The Bertz CT molecular complexity index is 2780. The number of hydrogen-bond donors (Lipinski definition) is 0. The van der Waals surface area contributed by atoms with E-state index in [2.05, 4.69) is 132 Å². The molecule has 7 aromatic carbocycles. The molecule has 3 aromatic heterocycles. The molecular formula is C43H26N2OS2. The highest BCUT2D eigenvalue weighted by Crippen LogP contribution is 2.42. The number of benzene rings is 7. The van der Waals surface area contributed by atoms with E-state index in [0.717, 1.165) is 33.7 Å². The van der Waals surface area contributed by atoms with E-state index in [0.29, 0.717) is 5.89 Å². The standard InChI is InChI=1S/C43H26N2OS2/c1-3-9-28(10-4-1)43-44-37-26-42-36(25-38(37)46-43)34-21-17-29(23-41(34)48-42)27-15-18-31(19-16-27)45(30-11-5-2-6-12-30)32-20-22-40-35(24-32)33-13-7-8-14-39(33)47-40/h1-26H. The zero-order valence-corrected chi connectivity index (χ0v) is 27.3. The summed E-state index contributed by atoms with van der Waals surface area (Å²) in [6.45, 7) is 0. The second-order valence-corrected chi connectivity index (χ2v) is 14.2. The maximum atomic E-state index is 6.19. The fraction of sp³-hybridized carbons (Fsp3) is 0. The number of rotatable bonds is 5. The number of fused-ring (bicyclic) bond motifs is 7. The zero-order chi connectivity index (χ0) is 31.6. The largest absolute Gasteiger partial charge is 0.436 e. The SMILES string of the molecule is c1ccc(-c2nc3cc4sc5cc(-c6ccc(N(c7ccccc7)c7ccc8sc9ccccc9c8c7)cc6)ccc5c4cc3o2)cc1. The first-order chi connectivity index (χ1) is 23.7. The zero-order valence-electron chi connectivity index (χ0n) is 25.6. The number of anilines is 3. The van der Waals surface area contributed by atoms with Crippen molar-refractivity contribution in [3.05, 3.63) is 158 Å². The molecule has 48 heavy (non-hydrogen) atoms. The molecule has 0 bridgehead atoms. The molecule has 3 nitrogen and oxygen atoms in total. The van der Waals surface area contributed by atoms with Crippen molar-refractivity contribution >= 4 is 91.2 Å². The van der Waals surface area contributed by atoms with Crippen LogP contribution in [0.1, 0.15) is 0 Å². The smallest absolute Gasteiger partial charge is 0.227 e. The van der Waals surface area contributed by atoms with Crippen LogP contribution in [0.3, 0.4) is 0 Å². The van der Waals surface area contributed by atoms with Gasteiger partial charge in [-0.3, -0.25) is 0 Å². The first-order valence-electron chi connectivity index (χ1n) is 15.9. The van der Waals surface area contributed by atoms with Crippen molar-refractivity contribution < 1.29 is 4.42 Å². The van der Waals surface area contributed by atoms with Gasteiger partial charge in [-0.05, 0) is 90.0 Å². The summed E-state index contributed by atoms with van der Waals surface area (Å²) in [5.41, 5.74) is 8.48. The Kier molecular flexibility index (Phi) is 6.22. The molecule has 0 unspecified atom stereocenters. The normalized spacial score (nSPS) is 11.8. The van der Waals surface area contributed by atoms with Crippen LogP contribution in [0.5, 0.6) is 0 Å². The molecule has 0 aliphatic heterocycles. The Labute approximate surface area is 284 Å². The molecule has 0 spiro atoms. The summed E-state index contributed by atoms with van der Waals surface area (Å²) in [6, 6.07) is 56.2. The molecule has 0 aliphatic carbocycles. The van der Waals surface area contributed by atoms with Gasteiger partial charge in [0.05, 0.1) is 0 Å². The van der Waals surface area contributed by atoms with Gasteiger partial charge in [0.25, 0.3) is 0 Å². The van der Waals surface area contributed by atoms with Gasteiger partial charge in [-0.1, -0.05) is 78.9 Å². The molecule has 226 valence electrons. The predicted octanol–water partition coefficient (Wildman–Crippen LogP) is 13.4. The van der Waals surface area contributed by atoms with Crippen molar-refractivity contribution in [1.29, 1.82) is 0 Å².